The first-order chi connectivity index (χ1) is 67.0. The minimum absolute atomic E-state index is 0.141. The fourth-order valence-corrected chi connectivity index (χ4v) is 22.7. The molecule has 19 aromatic carbocycles. The molecule has 0 fully saturated rings. The number of hydrogen-bond acceptors (Lipinski definition) is 7. The molecule has 0 aromatic heterocycles. The summed E-state index contributed by atoms with van der Waals surface area (Å²) < 4.78 is 0. The average Bonchev–Trinajstić information content (AvgIpc) is 1.53. The van der Waals surface area contributed by atoms with E-state index >= 15 is 0 Å². The zero-order valence-corrected chi connectivity index (χ0v) is 81.1. The largest absolute Gasteiger partial charge is 0.310 e. The van der Waals surface area contributed by atoms with Gasteiger partial charge in [0.05, 0.1) is 22.7 Å². The van der Waals surface area contributed by atoms with Gasteiger partial charge in [-0.25, -0.2) is 0 Å². The lowest BCUT2D eigenvalue weighted by molar-refractivity contribution is 0.660. The predicted molar refractivity (Wildman–Crippen MR) is 585 cm³/mol. The summed E-state index contributed by atoms with van der Waals surface area (Å²) in [6, 6.07) is 160. The van der Waals surface area contributed by atoms with Crippen LogP contribution in [-0.2, 0) is 16.2 Å². The van der Waals surface area contributed by atoms with E-state index in [1.165, 1.54) is 117 Å². The highest BCUT2D eigenvalue weighted by atomic mass is 15.2. The lowest BCUT2D eigenvalue weighted by Crippen LogP contribution is -2.17. The van der Waals surface area contributed by atoms with E-state index in [0.29, 0.717) is 0 Å². The van der Waals surface area contributed by atoms with E-state index in [1.54, 1.807) is 0 Å². The lowest BCUT2D eigenvalue weighted by Gasteiger charge is -2.32. The van der Waals surface area contributed by atoms with Gasteiger partial charge in [0.2, 0.25) is 0 Å². The highest BCUT2D eigenvalue weighted by Gasteiger charge is 2.40. The van der Waals surface area contributed by atoms with Gasteiger partial charge in [0.15, 0.2) is 0 Å². The summed E-state index contributed by atoms with van der Waals surface area (Å²) in [6.45, 7) is 32.0. The third-order valence-corrected chi connectivity index (χ3v) is 29.5. The summed E-state index contributed by atoms with van der Waals surface area (Å²) in [5.41, 5.74) is 50.0. The third-order valence-electron chi connectivity index (χ3n) is 29.5. The van der Waals surface area contributed by atoms with Gasteiger partial charge in [0.25, 0.3) is 0 Å². The number of nitrogens with zero attached hydrogens (tertiary/aromatic N) is 7. The molecule has 0 bridgehead atoms. The average molecular weight is 1790 g/mol. The molecule has 0 spiro atoms. The number of aryl methyl sites for hydroxylation is 8. The van der Waals surface area contributed by atoms with Crippen molar-refractivity contribution in [2.75, 3.05) is 34.3 Å². The van der Waals surface area contributed by atoms with E-state index in [9.17, 15) is 0 Å². The van der Waals surface area contributed by atoms with Crippen molar-refractivity contribution in [3.63, 3.8) is 0 Å². The maximum absolute atomic E-state index is 2.46. The van der Waals surface area contributed by atoms with Crippen molar-refractivity contribution in [2.45, 2.75) is 113 Å². The van der Waals surface area contributed by atoms with Crippen molar-refractivity contribution in [3.05, 3.63) is 509 Å². The second kappa shape index (κ2) is 34.9. The van der Waals surface area contributed by atoms with Gasteiger partial charge in [-0.05, 0) is 390 Å². The van der Waals surface area contributed by atoms with Crippen LogP contribution in [0.3, 0.4) is 0 Å². The Kier molecular flexibility index (Phi) is 22.0. The summed E-state index contributed by atoms with van der Waals surface area (Å²) in [5, 5.41) is 0. The Labute approximate surface area is 814 Å². The standard InChI is InChI=1S/C131H113N7/c1-86-33-28-34-87(2)125(86)135(98-46-22-17-23-47-98)103-62-64-104(65-63-103)136(126-88(3)35-29-36-89(126)4)105-66-68-106(69-67-105)137(127-90(5)37-30-38-91(127)6)107-70-72-108(73-71-107)138(128-92(7)39-31-40-93(128)8)109-48-32-41-94(81-109)95-53-79-121-117(82-95)116-78-75-112(85-124(116)131(121,13)14)133(97-44-20-16-21-45-97)100-56-60-102(61-57-100)134(110-76-80-122-118(83-110)114-50-25-27-52-120(114)129(122,9)10)101-58-54-99(55-59-101)132(96-42-18-15-19-43-96)111-74-77-115-113-49-24-26-51-119(113)130(11,12)123(115)84-111/h15-85H,1-14H3. The van der Waals surface area contributed by atoms with Crippen LogP contribution in [-0.4, -0.2) is 0 Å². The van der Waals surface area contributed by atoms with Crippen LogP contribution in [0.2, 0.25) is 0 Å². The first-order valence-corrected chi connectivity index (χ1v) is 48.4. The Morgan fingerprint density at radius 1 is 0.130 bits per heavy atom. The molecule has 22 rings (SSSR count). The number of fused-ring (bicyclic) bond motifs is 9. The normalized spacial score (nSPS) is 13.0. The van der Waals surface area contributed by atoms with Gasteiger partial charge in [-0.3, -0.25) is 0 Å². The quantitative estimate of drug-likeness (QED) is 0.0666. The van der Waals surface area contributed by atoms with Crippen molar-refractivity contribution in [3.8, 4) is 44.5 Å². The predicted octanol–water partition coefficient (Wildman–Crippen LogP) is 37.0. The van der Waals surface area contributed by atoms with Gasteiger partial charge in [-0.2, -0.15) is 0 Å². The second-order valence-corrected chi connectivity index (χ2v) is 39.4. The smallest absolute Gasteiger partial charge is 0.0519 e. The maximum Gasteiger partial charge on any atom is 0.0519 e. The van der Waals surface area contributed by atoms with Crippen LogP contribution in [0, 0.1) is 55.4 Å². The van der Waals surface area contributed by atoms with Crippen molar-refractivity contribution in [1.29, 1.82) is 0 Å². The van der Waals surface area contributed by atoms with Crippen molar-refractivity contribution >= 4 is 119 Å². The summed E-state index contributed by atoms with van der Waals surface area (Å²) in [6.07, 6.45) is 0. The Bertz CT molecular complexity index is 7790. The summed E-state index contributed by atoms with van der Waals surface area (Å²) in [4.78, 5) is 17.0. The van der Waals surface area contributed by atoms with Crippen molar-refractivity contribution in [1.82, 2.24) is 0 Å². The molecule has 0 heterocycles. The molecule has 0 unspecified atom stereocenters. The molecule has 7 heteroatoms. The molecule has 0 N–H and O–H groups in total. The monoisotopic (exact) mass is 1780 g/mol. The molecular weight excluding hydrogens is 1670 g/mol. The summed E-state index contributed by atoms with van der Waals surface area (Å²) in [5.74, 6) is 0. The Morgan fingerprint density at radius 3 is 0.681 bits per heavy atom. The fourth-order valence-electron chi connectivity index (χ4n) is 22.7. The van der Waals surface area contributed by atoms with Crippen molar-refractivity contribution < 1.29 is 0 Å². The molecule has 672 valence electrons. The van der Waals surface area contributed by atoms with Crippen LogP contribution in [0.5, 0.6) is 0 Å². The maximum atomic E-state index is 2.46. The highest BCUT2D eigenvalue weighted by molar-refractivity contribution is 5.95. The molecule has 0 amide bonds. The molecule has 0 saturated carbocycles. The van der Waals surface area contributed by atoms with E-state index in [0.717, 1.165) is 125 Å². The highest BCUT2D eigenvalue weighted by Crippen LogP contribution is 2.57. The molecule has 138 heavy (non-hydrogen) atoms. The molecule has 19 aromatic rings. The molecule has 0 saturated heterocycles. The van der Waals surface area contributed by atoms with Gasteiger partial charge in [-0.15, -0.1) is 0 Å². The van der Waals surface area contributed by atoms with Crippen LogP contribution >= 0.6 is 0 Å². The van der Waals surface area contributed by atoms with Crippen LogP contribution in [0.15, 0.2) is 431 Å². The second-order valence-electron chi connectivity index (χ2n) is 39.4. The van der Waals surface area contributed by atoms with Crippen LogP contribution in [0.4, 0.5) is 119 Å². The lowest BCUT2D eigenvalue weighted by atomic mass is 9.82. The Balaban J connectivity index is 0.579. The number of anilines is 21. The fraction of sp³-hybridized carbons (Fsp3) is 0.130. The van der Waals surface area contributed by atoms with E-state index in [2.05, 4.69) is 562 Å². The van der Waals surface area contributed by atoms with Crippen LogP contribution in [0.1, 0.15) is 119 Å². The van der Waals surface area contributed by atoms with Gasteiger partial charge in [0.1, 0.15) is 0 Å². The van der Waals surface area contributed by atoms with E-state index in [1.807, 2.05) is 0 Å². The molecule has 0 atom stereocenters. The minimum atomic E-state index is -0.315. The third kappa shape index (κ3) is 15.2. The number of hydrogen-bond donors (Lipinski definition) is 0. The Morgan fingerprint density at radius 2 is 0.333 bits per heavy atom. The number of rotatable bonds is 22. The van der Waals surface area contributed by atoms with Gasteiger partial charge >= 0.3 is 0 Å². The zero-order valence-electron chi connectivity index (χ0n) is 81.1. The van der Waals surface area contributed by atoms with Crippen LogP contribution < -0.4 is 34.3 Å². The molecule has 0 aliphatic heterocycles. The van der Waals surface area contributed by atoms with Gasteiger partial charge in [0, 0.05) is 113 Å². The topological polar surface area (TPSA) is 22.7 Å². The summed E-state index contributed by atoms with van der Waals surface area (Å²) >= 11 is 0. The Hall–Kier alpha value is -16.2. The first kappa shape index (κ1) is 87.1. The molecule has 3 aliphatic rings. The number of benzene rings is 19. The molecular formula is C131H113N7. The molecule has 7 nitrogen and oxygen atoms in total. The molecule has 0 radical (unpaired) electrons. The van der Waals surface area contributed by atoms with Crippen molar-refractivity contribution in [2.24, 2.45) is 0 Å². The SMILES string of the molecule is Cc1cccc(C)c1N(c1ccccc1)c1ccc(N(c2ccc(N(c3ccc(N(c4cccc(-c5ccc6c(c5)-c5ccc(N(c7ccccc7)c7ccc(N(c8ccc(N(c9ccccc9)c9ccc%10c(c9)C(C)(C)c9ccccc9-%10)cc8)c8ccc9c(c8)-c8ccccc8C9(C)C)cc7)cc5C6(C)C)c4)c4c(C)cccc4C)cc3)c3c(C)cccc3C)cc2)c2c(C)cccc2C)cc1. The first-order valence-electron chi connectivity index (χ1n) is 48.4. The van der Waals surface area contributed by atoms with E-state index in [-0.39, 0.29) is 16.2 Å². The minimum Gasteiger partial charge on any atom is -0.310 e. The van der Waals surface area contributed by atoms with E-state index in [4.69, 9.17) is 0 Å². The van der Waals surface area contributed by atoms with E-state index < -0.39 is 0 Å². The van der Waals surface area contributed by atoms with Crippen LogP contribution in [0.25, 0.3) is 44.5 Å². The number of para-hydroxylation sites is 7. The zero-order chi connectivity index (χ0) is 94.6. The van der Waals surface area contributed by atoms with Gasteiger partial charge in [-0.1, -0.05) is 260 Å². The molecule has 3 aliphatic carbocycles. The summed E-state index contributed by atoms with van der Waals surface area (Å²) in [7, 11) is 0. The van der Waals surface area contributed by atoms with Gasteiger partial charge < -0.3 is 34.3 Å².